The Kier molecular flexibility index (Phi) is 9.75. The van der Waals surface area contributed by atoms with Crippen LogP contribution in [0.4, 0.5) is 0 Å². The van der Waals surface area contributed by atoms with Crippen LogP contribution in [0.2, 0.25) is 17.0 Å². The molecule has 0 saturated heterocycles. The third-order valence-electron chi connectivity index (χ3n) is 7.74. The molecule has 6 heteroatoms. The number of methoxy groups -OCH3 is 1. The monoisotopic (exact) mass is 581 g/mol. The van der Waals surface area contributed by atoms with Crippen LogP contribution < -0.4 is 0 Å². The minimum atomic E-state index is -0.756. The summed E-state index contributed by atoms with van der Waals surface area (Å²) in [7, 11) is 1.94. The van der Waals surface area contributed by atoms with Gasteiger partial charge in [-0.15, -0.1) is 0 Å². The van der Waals surface area contributed by atoms with E-state index in [0.29, 0.717) is 23.8 Å². The van der Waals surface area contributed by atoms with Gasteiger partial charge in [0.25, 0.3) is 0 Å². The minimum absolute atomic E-state index is 0.197. The van der Waals surface area contributed by atoms with Crippen molar-refractivity contribution in [1.82, 2.24) is 0 Å². The molecule has 4 rings (SSSR count). The molecule has 0 aromatic heterocycles. The summed E-state index contributed by atoms with van der Waals surface area (Å²) in [5.41, 5.74) is 1.60. The standard InChI is InChI=1S/C25H28BO4.C9H11.Co/c1-24(2,22(27)29-5)16-26-25(3,4)23(28)30-15-21-19-12-8-6-10-17(19)14-18-11-7-9-13-20(18)21;1-2-6-9-7-4-3-5-8-9;/h6-14,26H,3,15-16H2,1-2,4-5H3;3-8H,2H2,1H3;. The first-order chi connectivity index (χ1) is 19.2. The molecular formula is C34H39BCoO4. The average Bonchev–Trinajstić information content (AvgIpc) is 2.98. The molecular weight excluding hydrogens is 542 g/mol. The number of carbonyl (C=O) groups is 2. The third-order valence-corrected chi connectivity index (χ3v) is 10.1. The fourth-order valence-corrected chi connectivity index (χ4v) is 6.85. The van der Waals surface area contributed by atoms with E-state index in [-0.39, 0.29) is 18.5 Å². The molecule has 2 unspecified atom stereocenters. The Balaban J connectivity index is 1.60. The number of carbonyl (C=O) groups excluding carboxylic acids is 2. The van der Waals surface area contributed by atoms with E-state index < -0.39 is 10.7 Å². The molecule has 2 atom stereocenters. The zero-order chi connectivity index (χ0) is 28.8. The van der Waals surface area contributed by atoms with Crippen LogP contribution in [-0.2, 0) is 40.4 Å². The maximum atomic E-state index is 14.0. The van der Waals surface area contributed by atoms with Gasteiger partial charge < -0.3 is 0 Å². The molecule has 4 nitrogen and oxygen atoms in total. The first-order valence-corrected chi connectivity index (χ1v) is 15.2. The van der Waals surface area contributed by atoms with Crippen LogP contribution in [0.25, 0.3) is 21.5 Å². The molecule has 40 heavy (non-hydrogen) atoms. The van der Waals surface area contributed by atoms with Gasteiger partial charge in [0, 0.05) is 0 Å². The molecule has 0 N–H and O–H groups in total. The topological polar surface area (TPSA) is 52.6 Å². The maximum absolute atomic E-state index is 14.0. The number of hydrogen-bond donors (Lipinski definition) is 0. The molecule has 0 aliphatic rings. The van der Waals surface area contributed by atoms with Crippen molar-refractivity contribution in [3.8, 4) is 0 Å². The molecule has 0 aliphatic heterocycles. The number of ether oxygens (including phenoxy) is 2. The van der Waals surface area contributed by atoms with Crippen molar-refractivity contribution < 1.29 is 33.8 Å². The van der Waals surface area contributed by atoms with E-state index in [9.17, 15) is 9.59 Å². The summed E-state index contributed by atoms with van der Waals surface area (Å²) in [6.07, 6.45) is 1.50. The summed E-state index contributed by atoms with van der Waals surface area (Å²) in [4.78, 5) is 26.7. The molecule has 0 aliphatic carbocycles. The molecule has 211 valence electrons. The van der Waals surface area contributed by atoms with Crippen molar-refractivity contribution >= 4 is 40.8 Å². The van der Waals surface area contributed by atoms with Crippen molar-refractivity contribution in [2.45, 2.75) is 62.6 Å². The van der Waals surface area contributed by atoms with Gasteiger partial charge in [-0.3, -0.25) is 0 Å². The normalized spacial score (nSPS) is 14.0. The van der Waals surface area contributed by atoms with Crippen LogP contribution in [0, 0.1) is 5.41 Å². The number of rotatable bonds is 12. The molecule has 0 heterocycles. The Bertz CT molecular complexity index is 1420. The number of fused-ring (bicyclic) bond motifs is 2. The van der Waals surface area contributed by atoms with Gasteiger partial charge in [0.2, 0.25) is 0 Å². The van der Waals surface area contributed by atoms with E-state index in [2.05, 4.69) is 61.5 Å². The van der Waals surface area contributed by atoms with Gasteiger partial charge in [-0.05, 0) is 0 Å². The van der Waals surface area contributed by atoms with Gasteiger partial charge in [-0.2, -0.15) is 0 Å². The zero-order valence-electron chi connectivity index (χ0n) is 24.2. The van der Waals surface area contributed by atoms with Crippen molar-refractivity contribution in [3.05, 3.63) is 96.1 Å². The van der Waals surface area contributed by atoms with Gasteiger partial charge in [-0.1, -0.05) is 0 Å². The van der Waals surface area contributed by atoms with Crippen LogP contribution >= 0.6 is 0 Å². The number of hydrogen-bond acceptors (Lipinski definition) is 4. The van der Waals surface area contributed by atoms with Crippen molar-refractivity contribution in [1.29, 1.82) is 0 Å². The van der Waals surface area contributed by atoms with E-state index in [1.807, 2.05) is 51.1 Å². The second-order valence-corrected chi connectivity index (χ2v) is 12.8. The molecule has 4 aromatic rings. The fraction of sp³-hybridized carbons (Fsp3) is 0.353. The van der Waals surface area contributed by atoms with Crippen LogP contribution in [0.3, 0.4) is 0 Å². The number of esters is 2. The van der Waals surface area contributed by atoms with E-state index in [1.54, 1.807) is 0 Å². The van der Waals surface area contributed by atoms with Gasteiger partial charge in [0.1, 0.15) is 0 Å². The Hall–Kier alpha value is -3.09. The summed E-state index contributed by atoms with van der Waals surface area (Å²) >= 11 is 1.21. The van der Waals surface area contributed by atoms with Crippen LogP contribution in [-0.4, -0.2) is 26.3 Å². The van der Waals surface area contributed by atoms with E-state index >= 15 is 0 Å². The third kappa shape index (κ3) is 6.79. The second kappa shape index (κ2) is 13.1. The van der Waals surface area contributed by atoms with Crippen LogP contribution in [0.1, 0.15) is 50.1 Å². The Morgan fingerprint density at radius 3 is 2.00 bits per heavy atom. The van der Waals surface area contributed by atoms with E-state index in [0.717, 1.165) is 33.5 Å². The SMILES string of the molecule is CC[CH]([Co][CH2]C(C)(BCC(C)(C)C(=O)OC)C(=O)OCc1c2ccccc2cc2ccccc12)c1ccccc1. The van der Waals surface area contributed by atoms with Crippen LogP contribution in [0.5, 0.6) is 0 Å². The van der Waals surface area contributed by atoms with Crippen molar-refractivity contribution in [2.75, 3.05) is 7.11 Å². The summed E-state index contributed by atoms with van der Waals surface area (Å²) in [6.45, 7) is 8.13. The fourth-order valence-electron chi connectivity index (χ4n) is 5.05. The van der Waals surface area contributed by atoms with Gasteiger partial charge >= 0.3 is 246 Å². The summed E-state index contributed by atoms with van der Waals surface area (Å²) in [5.74, 6) is -0.488. The summed E-state index contributed by atoms with van der Waals surface area (Å²) in [5, 5.41) is 4.33. The predicted octanol–water partition coefficient (Wildman–Crippen LogP) is 7.92. The second-order valence-electron chi connectivity index (χ2n) is 11.3. The molecule has 0 spiro atoms. The Morgan fingerprint density at radius 2 is 1.43 bits per heavy atom. The van der Waals surface area contributed by atoms with E-state index in [1.165, 1.54) is 27.4 Å². The van der Waals surface area contributed by atoms with E-state index in [4.69, 9.17) is 9.47 Å². The molecule has 4 aromatic carbocycles. The van der Waals surface area contributed by atoms with Crippen LogP contribution in [0.15, 0.2) is 84.9 Å². The van der Waals surface area contributed by atoms with Crippen molar-refractivity contribution in [3.63, 3.8) is 0 Å². The molecule has 0 radical (unpaired) electrons. The van der Waals surface area contributed by atoms with Crippen molar-refractivity contribution in [2.24, 2.45) is 5.41 Å². The molecule has 0 amide bonds. The van der Waals surface area contributed by atoms with Gasteiger partial charge in [0.05, 0.1) is 0 Å². The van der Waals surface area contributed by atoms with Gasteiger partial charge in [0.15, 0.2) is 0 Å². The molecule has 0 fully saturated rings. The first-order valence-electron chi connectivity index (χ1n) is 13.9. The van der Waals surface area contributed by atoms with Gasteiger partial charge in [-0.25, -0.2) is 0 Å². The quantitative estimate of drug-likeness (QED) is 0.0969. The molecule has 0 saturated carbocycles. The Morgan fingerprint density at radius 1 is 0.850 bits per heavy atom. The summed E-state index contributed by atoms with van der Waals surface area (Å²) in [6, 6.07) is 29.1. The molecule has 0 bridgehead atoms. The number of benzene rings is 4. The Labute approximate surface area is 245 Å². The first kappa shape index (κ1) is 29.9. The zero-order valence-corrected chi connectivity index (χ0v) is 25.2. The summed E-state index contributed by atoms with van der Waals surface area (Å²) < 4.78 is 11.2. The average molecular weight is 581 g/mol. The predicted molar refractivity (Wildman–Crippen MR) is 162 cm³/mol.